The molecule has 29 heavy (non-hydrogen) atoms. The molecule has 0 fully saturated rings. The fourth-order valence-corrected chi connectivity index (χ4v) is 3.39. The zero-order valence-corrected chi connectivity index (χ0v) is 17.7. The van der Waals surface area contributed by atoms with E-state index in [-0.39, 0.29) is 6.03 Å². The molecule has 0 radical (unpaired) electrons. The number of hydrogen-bond acceptors (Lipinski definition) is 4. The van der Waals surface area contributed by atoms with Crippen LogP contribution in [0.4, 0.5) is 4.79 Å². The van der Waals surface area contributed by atoms with Gasteiger partial charge in [0.1, 0.15) is 5.75 Å². The van der Waals surface area contributed by atoms with Crippen LogP contribution in [0.5, 0.6) is 17.2 Å². The van der Waals surface area contributed by atoms with Crippen molar-refractivity contribution in [3.63, 3.8) is 0 Å². The number of carbonyl (C=O) groups is 1. The second kappa shape index (κ2) is 9.54. The van der Waals surface area contributed by atoms with E-state index in [2.05, 4.69) is 19.2 Å². The normalized spacial score (nSPS) is 13.1. The first kappa shape index (κ1) is 20.8. The van der Waals surface area contributed by atoms with Crippen molar-refractivity contribution in [3.05, 3.63) is 53.1 Å². The van der Waals surface area contributed by atoms with E-state index in [4.69, 9.17) is 14.2 Å². The van der Waals surface area contributed by atoms with Gasteiger partial charge in [0.15, 0.2) is 11.5 Å². The zero-order chi connectivity index (χ0) is 20.8. The Balaban J connectivity index is 1.63. The number of urea groups is 1. The van der Waals surface area contributed by atoms with Gasteiger partial charge in [-0.25, -0.2) is 4.79 Å². The standard InChI is InChI=1S/C23H30N2O4/c1-16(2)15-29-20-8-6-5-7-18(20)13-24-23(26)25-10-9-17-11-21(27-3)22(28-4)12-19(17)14-25/h5-8,11-12,16H,9-10,13-15H2,1-4H3,(H,24,26). The van der Waals surface area contributed by atoms with E-state index in [1.807, 2.05) is 41.3 Å². The number of nitrogens with zero attached hydrogens (tertiary/aromatic N) is 1. The minimum Gasteiger partial charge on any atom is -0.493 e. The molecule has 2 aromatic rings. The van der Waals surface area contributed by atoms with Crippen LogP contribution in [-0.4, -0.2) is 38.3 Å². The van der Waals surface area contributed by atoms with Crippen LogP contribution in [0.1, 0.15) is 30.5 Å². The topological polar surface area (TPSA) is 60.0 Å². The molecule has 6 nitrogen and oxygen atoms in total. The molecule has 1 aliphatic heterocycles. The van der Waals surface area contributed by atoms with E-state index in [1.54, 1.807) is 14.2 Å². The van der Waals surface area contributed by atoms with Gasteiger partial charge in [0, 0.05) is 25.2 Å². The fraction of sp³-hybridized carbons (Fsp3) is 0.435. The summed E-state index contributed by atoms with van der Waals surface area (Å²) in [5.74, 6) is 2.68. The molecule has 0 saturated carbocycles. The van der Waals surface area contributed by atoms with Gasteiger partial charge in [-0.3, -0.25) is 0 Å². The lowest BCUT2D eigenvalue weighted by atomic mass is 9.99. The van der Waals surface area contributed by atoms with E-state index in [9.17, 15) is 4.79 Å². The molecule has 0 spiro atoms. The molecule has 1 aliphatic rings. The van der Waals surface area contributed by atoms with E-state index >= 15 is 0 Å². The lowest BCUT2D eigenvalue weighted by molar-refractivity contribution is 0.191. The van der Waals surface area contributed by atoms with Gasteiger partial charge in [-0.2, -0.15) is 0 Å². The first-order valence-electron chi connectivity index (χ1n) is 9.99. The minimum absolute atomic E-state index is 0.0795. The maximum absolute atomic E-state index is 12.8. The van der Waals surface area contributed by atoms with Gasteiger partial charge in [-0.1, -0.05) is 32.0 Å². The molecular formula is C23H30N2O4. The van der Waals surface area contributed by atoms with Crippen molar-refractivity contribution in [1.29, 1.82) is 0 Å². The molecule has 1 N–H and O–H groups in total. The first-order chi connectivity index (χ1) is 14.0. The molecule has 156 valence electrons. The molecule has 0 aromatic heterocycles. The maximum Gasteiger partial charge on any atom is 0.317 e. The lowest BCUT2D eigenvalue weighted by Gasteiger charge is -2.29. The van der Waals surface area contributed by atoms with E-state index in [0.717, 1.165) is 29.0 Å². The lowest BCUT2D eigenvalue weighted by Crippen LogP contribution is -2.42. The smallest absolute Gasteiger partial charge is 0.317 e. The number of nitrogens with one attached hydrogen (secondary N) is 1. The molecular weight excluding hydrogens is 368 g/mol. The molecule has 6 heteroatoms. The predicted octanol–water partition coefficient (Wildman–Crippen LogP) is 4.01. The van der Waals surface area contributed by atoms with Crippen molar-refractivity contribution >= 4 is 6.03 Å². The number of amides is 2. The number of hydrogen-bond donors (Lipinski definition) is 1. The summed E-state index contributed by atoms with van der Waals surface area (Å²) in [4.78, 5) is 14.6. The Labute approximate surface area is 172 Å². The Morgan fingerprint density at radius 2 is 1.76 bits per heavy atom. The number of fused-ring (bicyclic) bond motifs is 1. The predicted molar refractivity (Wildman–Crippen MR) is 113 cm³/mol. The van der Waals surface area contributed by atoms with Crippen LogP contribution in [0.3, 0.4) is 0 Å². The molecule has 0 saturated heterocycles. The van der Waals surface area contributed by atoms with Crippen LogP contribution in [0.2, 0.25) is 0 Å². The summed E-state index contributed by atoms with van der Waals surface area (Å²) in [6, 6.07) is 11.7. The Morgan fingerprint density at radius 1 is 1.07 bits per heavy atom. The van der Waals surface area contributed by atoms with E-state index in [1.165, 1.54) is 5.56 Å². The molecule has 3 rings (SSSR count). The van der Waals surface area contributed by atoms with Crippen LogP contribution in [0.25, 0.3) is 0 Å². The van der Waals surface area contributed by atoms with Crippen molar-refractivity contribution in [2.45, 2.75) is 33.4 Å². The number of ether oxygens (including phenoxy) is 3. The average Bonchev–Trinajstić information content (AvgIpc) is 2.74. The number of methoxy groups -OCH3 is 2. The highest BCUT2D eigenvalue weighted by Gasteiger charge is 2.23. The monoisotopic (exact) mass is 398 g/mol. The molecule has 1 heterocycles. The highest BCUT2D eigenvalue weighted by Crippen LogP contribution is 2.33. The number of rotatable bonds is 7. The maximum atomic E-state index is 12.8. The summed E-state index contributed by atoms with van der Waals surface area (Å²) in [6.45, 7) is 6.53. The van der Waals surface area contributed by atoms with Gasteiger partial charge in [-0.05, 0) is 41.7 Å². The van der Waals surface area contributed by atoms with Crippen molar-refractivity contribution in [3.8, 4) is 17.2 Å². The Morgan fingerprint density at radius 3 is 2.45 bits per heavy atom. The van der Waals surface area contributed by atoms with Gasteiger partial charge >= 0.3 is 6.03 Å². The van der Waals surface area contributed by atoms with Crippen molar-refractivity contribution < 1.29 is 19.0 Å². The van der Waals surface area contributed by atoms with Crippen LogP contribution < -0.4 is 19.5 Å². The molecule has 2 aromatic carbocycles. The average molecular weight is 399 g/mol. The summed E-state index contributed by atoms with van der Waals surface area (Å²) in [7, 11) is 3.26. The van der Waals surface area contributed by atoms with Crippen LogP contribution in [0, 0.1) is 5.92 Å². The Hall–Kier alpha value is -2.89. The third kappa shape index (κ3) is 5.13. The second-order valence-electron chi connectivity index (χ2n) is 7.62. The molecule has 0 atom stereocenters. The number of para-hydroxylation sites is 1. The Kier molecular flexibility index (Phi) is 6.86. The van der Waals surface area contributed by atoms with Crippen molar-refractivity contribution in [2.24, 2.45) is 5.92 Å². The van der Waals surface area contributed by atoms with E-state index < -0.39 is 0 Å². The number of benzene rings is 2. The molecule has 0 bridgehead atoms. The largest absolute Gasteiger partial charge is 0.493 e. The van der Waals surface area contributed by atoms with Crippen molar-refractivity contribution in [1.82, 2.24) is 10.2 Å². The Bertz CT molecular complexity index is 851. The minimum atomic E-state index is -0.0795. The quantitative estimate of drug-likeness (QED) is 0.766. The van der Waals surface area contributed by atoms with Gasteiger partial charge < -0.3 is 24.4 Å². The molecule has 0 unspecified atom stereocenters. The van der Waals surface area contributed by atoms with Crippen LogP contribution in [-0.2, 0) is 19.5 Å². The second-order valence-corrected chi connectivity index (χ2v) is 7.62. The summed E-state index contributed by atoms with van der Waals surface area (Å²) < 4.78 is 16.7. The van der Waals surface area contributed by atoms with Crippen LogP contribution in [0.15, 0.2) is 36.4 Å². The highest BCUT2D eigenvalue weighted by atomic mass is 16.5. The highest BCUT2D eigenvalue weighted by molar-refractivity contribution is 5.74. The van der Waals surface area contributed by atoms with Gasteiger partial charge in [-0.15, -0.1) is 0 Å². The third-order valence-electron chi connectivity index (χ3n) is 4.98. The van der Waals surface area contributed by atoms with Crippen LogP contribution >= 0.6 is 0 Å². The third-order valence-corrected chi connectivity index (χ3v) is 4.98. The number of carbonyl (C=O) groups excluding carboxylic acids is 1. The summed E-state index contributed by atoms with van der Waals surface area (Å²) in [6.07, 6.45) is 0.789. The van der Waals surface area contributed by atoms with Crippen molar-refractivity contribution in [2.75, 3.05) is 27.4 Å². The van der Waals surface area contributed by atoms with Gasteiger partial charge in [0.2, 0.25) is 0 Å². The summed E-state index contributed by atoms with van der Waals surface area (Å²) in [5, 5.41) is 3.03. The summed E-state index contributed by atoms with van der Waals surface area (Å²) >= 11 is 0. The van der Waals surface area contributed by atoms with E-state index in [0.29, 0.717) is 37.9 Å². The van der Waals surface area contributed by atoms with Gasteiger partial charge in [0.25, 0.3) is 0 Å². The molecule has 2 amide bonds. The fourth-order valence-electron chi connectivity index (χ4n) is 3.39. The zero-order valence-electron chi connectivity index (χ0n) is 17.7. The SMILES string of the molecule is COc1cc2c(cc1OC)CN(C(=O)NCc1ccccc1OCC(C)C)CC2. The van der Waals surface area contributed by atoms with Gasteiger partial charge in [0.05, 0.1) is 20.8 Å². The first-order valence-corrected chi connectivity index (χ1v) is 9.99. The molecule has 0 aliphatic carbocycles. The summed E-state index contributed by atoms with van der Waals surface area (Å²) in [5.41, 5.74) is 3.26.